The van der Waals surface area contributed by atoms with Crippen molar-refractivity contribution in [3.8, 4) is 34.5 Å². The third kappa shape index (κ3) is 9.89. The van der Waals surface area contributed by atoms with Crippen LogP contribution in [0, 0.1) is 0 Å². The molecule has 2 aromatic rings. The zero-order chi connectivity index (χ0) is 30.2. The van der Waals surface area contributed by atoms with Crippen LogP contribution in [-0.4, -0.2) is 44.2 Å². The summed E-state index contributed by atoms with van der Waals surface area (Å²) in [4.78, 5) is 0. The van der Waals surface area contributed by atoms with E-state index in [0.29, 0.717) is 62.5 Å². The van der Waals surface area contributed by atoms with Crippen LogP contribution in [0.2, 0.25) is 0 Å². The summed E-state index contributed by atoms with van der Waals surface area (Å²) in [6, 6.07) is 7.75. The van der Waals surface area contributed by atoms with E-state index in [4.69, 9.17) is 28.4 Å². The molecule has 1 N–H and O–H groups in total. The molecular formula is C35H54O7. The molecule has 7 nitrogen and oxygen atoms in total. The van der Waals surface area contributed by atoms with E-state index < -0.39 is 12.2 Å². The smallest absolute Gasteiger partial charge is 0.203 e. The zero-order valence-corrected chi connectivity index (χ0v) is 26.7. The van der Waals surface area contributed by atoms with Crippen LogP contribution in [0.15, 0.2) is 24.3 Å². The Hall–Kier alpha value is -2.80. The van der Waals surface area contributed by atoms with Gasteiger partial charge in [0, 0.05) is 29.7 Å². The van der Waals surface area contributed by atoms with E-state index in [1.165, 1.54) is 0 Å². The van der Waals surface area contributed by atoms with E-state index in [-0.39, 0.29) is 0 Å². The van der Waals surface area contributed by atoms with E-state index in [1.54, 1.807) is 0 Å². The van der Waals surface area contributed by atoms with E-state index >= 15 is 0 Å². The molecule has 2 aromatic carbocycles. The molecule has 0 bridgehead atoms. The first-order valence-corrected chi connectivity index (χ1v) is 16.4. The number of aliphatic hydroxyl groups is 1. The van der Waals surface area contributed by atoms with Crippen LogP contribution in [0.25, 0.3) is 0 Å². The SMILES string of the molecule is CCCCOc1cc(OCCCC)c2c(c1)O[C@H](c1cc(OCCCC)c(OCCCC)c(OCCCC)c1)C(O)C2. The van der Waals surface area contributed by atoms with Crippen LogP contribution in [0.3, 0.4) is 0 Å². The summed E-state index contributed by atoms with van der Waals surface area (Å²) in [5.74, 6) is 4.00. The molecule has 0 spiro atoms. The lowest BCUT2D eigenvalue weighted by Gasteiger charge is -2.33. The predicted molar refractivity (Wildman–Crippen MR) is 168 cm³/mol. The summed E-state index contributed by atoms with van der Waals surface area (Å²) in [5.41, 5.74) is 1.66. The van der Waals surface area contributed by atoms with Gasteiger partial charge >= 0.3 is 0 Å². The average molecular weight is 587 g/mol. The summed E-state index contributed by atoms with van der Waals surface area (Å²) >= 11 is 0. The minimum absolute atomic E-state index is 0.406. The Morgan fingerprint density at radius 2 is 1.10 bits per heavy atom. The number of benzene rings is 2. The molecule has 3 rings (SSSR count). The van der Waals surface area contributed by atoms with Gasteiger partial charge in [0.05, 0.1) is 39.1 Å². The predicted octanol–water partition coefficient (Wildman–Crippen LogP) is 8.62. The lowest BCUT2D eigenvalue weighted by Crippen LogP contribution is -2.31. The molecule has 2 atom stereocenters. The largest absolute Gasteiger partial charge is 0.493 e. The Bertz CT molecular complexity index is 1020. The fourth-order valence-corrected chi connectivity index (χ4v) is 4.69. The van der Waals surface area contributed by atoms with Crippen LogP contribution in [0.1, 0.15) is 116 Å². The van der Waals surface area contributed by atoms with Gasteiger partial charge in [0.25, 0.3) is 0 Å². The number of unbranched alkanes of at least 4 members (excludes halogenated alkanes) is 5. The van der Waals surface area contributed by atoms with Gasteiger partial charge in [0.1, 0.15) is 17.2 Å². The van der Waals surface area contributed by atoms with Crippen LogP contribution in [-0.2, 0) is 6.42 Å². The van der Waals surface area contributed by atoms with Crippen molar-refractivity contribution in [2.24, 2.45) is 0 Å². The lowest BCUT2D eigenvalue weighted by atomic mass is 9.93. The standard InChI is InChI=1S/C35H54O7/c1-6-11-16-37-27-23-30(38-17-12-7-2)28-25-29(36)34(42-31(28)24-27)26-21-32(39-18-13-8-3)35(41-20-15-10-5)33(22-26)40-19-14-9-4/h21-24,29,34,36H,6-20,25H2,1-5H3/t29?,34-/m1/s1. The Labute approximate surface area is 253 Å². The van der Waals surface area contributed by atoms with Crippen LogP contribution < -0.4 is 28.4 Å². The Morgan fingerprint density at radius 1 is 0.619 bits per heavy atom. The van der Waals surface area contributed by atoms with Gasteiger partial charge in [0.15, 0.2) is 17.6 Å². The summed E-state index contributed by atoms with van der Waals surface area (Å²) in [6.07, 6.45) is 8.93. The molecular weight excluding hydrogens is 532 g/mol. The molecule has 1 aliphatic rings. The first-order chi connectivity index (χ1) is 20.6. The van der Waals surface area contributed by atoms with E-state index in [0.717, 1.165) is 86.8 Å². The average Bonchev–Trinajstić information content (AvgIpc) is 2.98. The van der Waals surface area contributed by atoms with E-state index in [2.05, 4.69) is 34.6 Å². The molecule has 1 unspecified atom stereocenters. The van der Waals surface area contributed by atoms with Crippen LogP contribution in [0.5, 0.6) is 34.5 Å². The number of ether oxygens (including phenoxy) is 6. The molecule has 42 heavy (non-hydrogen) atoms. The zero-order valence-electron chi connectivity index (χ0n) is 26.7. The van der Waals surface area contributed by atoms with Crippen molar-refractivity contribution < 1.29 is 33.5 Å². The Kier molecular flexibility index (Phi) is 15.0. The highest BCUT2D eigenvalue weighted by molar-refractivity contribution is 5.56. The third-order valence-electron chi connectivity index (χ3n) is 7.31. The van der Waals surface area contributed by atoms with Gasteiger partial charge in [-0.25, -0.2) is 0 Å². The number of hydrogen-bond donors (Lipinski definition) is 1. The summed E-state index contributed by atoms with van der Waals surface area (Å²) in [6.45, 7) is 13.7. The highest BCUT2D eigenvalue weighted by Gasteiger charge is 2.34. The second-order valence-electron chi connectivity index (χ2n) is 11.1. The molecule has 0 fully saturated rings. The number of aliphatic hydroxyl groups excluding tert-OH is 1. The number of hydrogen-bond acceptors (Lipinski definition) is 7. The van der Waals surface area contributed by atoms with Crippen molar-refractivity contribution in [2.75, 3.05) is 33.0 Å². The van der Waals surface area contributed by atoms with Crippen molar-refractivity contribution in [3.63, 3.8) is 0 Å². The van der Waals surface area contributed by atoms with E-state index in [9.17, 15) is 5.11 Å². The van der Waals surface area contributed by atoms with Crippen molar-refractivity contribution in [1.29, 1.82) is 0 Å². The van der Waals surface area contributed by atoms with Gasteiger partial charge in [0.2, 0.25) is 5.75 Å². The lowest BCUT2D eigenvalue weighted by molar-refractivity contribution is 0.0192. The normalized spacial score (nSPS) is 16.0. The molecule has 0 saturated heterocycles. The quantitative estimate of drug-likeness (QED) is 0.147. The van der Waals surface area contributed by atoms with Crippen LogP contribution >= 0.6 is 0 Å². The fourth-order valence-electron chi connectivity index (χ4n) is 4.69. The second kappa shape index (κ2) is 18.7. The van der Waals surface area contributed by atoms with Crippen molar-refractivity contribution >= 4 is 0 Å². The van der Waals surface area contributed by atoms with E-state index in [1.807, 2.05) is 24.3 Å². The topological polar surface area (TPSA) is 75.6 Å². The number of rotatable bonds is 21. The summed E-state index contributed by atoms with van der Waals surface area (Å²) in [7, 11) is 0. The highest BCUT2D eigenvalue weighted by Crippen LogP contribution is 2.46. The van der Waals surface area contributed by atoms with Gasteiger partial charge in [-0.2, -0.15) is 0 Å². The van der Waals surface area contributed by atoms with Gasteiger partial charge in [-0.15, -0.1) is 0 Å². The monoisotopic (exact) mass is 586 g/mol. The Morgan fingerprint density at radius 3 is 1.62 bits per heavy atom. The maximum absolute atomic E-state index is 11.4. The molecule has 0 saturated carbocycles. The summed E-state index contributed by atoms with van der Waals surface area (Å²) < 4.78 is 37.5. The maximum atomic E-state index is 11.4. The minimum atomic E-state index is -0.781. The molecule has 0 aliphatic carbocycles. The fraction of sp³-hybridized carbons (Fsp3) is 0.657. The number of fused-ring (bicyclic) bond motifs is 1. The third-order valence-corrected chi connectivity index (χ3v) is 7.31. The molecule has 1 heterocycles. The molecule has 0 aromatic heterocycles. The van der Waals surface area contributed by atoms with Crippen LogP contribution in [0.4, 0.5) is 0 Å². The first-order valence-electron chi connectivity index (χ1n) is 16.4. The second-order valence-corrected chi connectivity index (χ2v) is 11.1. The minimum Gasteiger partial charge on any atom is -0.493 e. The molecule has 7 heteroatoms. The summed E-state index contributed by atoms with van der Waals surface area (Å²) in [5, 5.41) is 11.4. The molecule has 1 aliphatic heterocycles. The van der Waals surface area contributed by atoms with Crippen molar-refractivity contribution in [2.45, 2.75) is 117 Å². The van der Waals surface area contributed by atoms with Crippen molar-refractivity contribution in [1.82, 2.24) is 0 Å². The van der Waals surface area contributed by atoms with Gasteiger partial charge in [-0.05, 0) is 44.2 Å². The molecule has 0 radical (unpaired) electrons. The van der Waals surface area contributed by atoms with Gasteiger partial charge in [-0.1, -0.05) is 66.7 Å². The maximum Gasteiger partial charge on any atom is 0.203 e. The van der Waals surface area contributed by atoms with Gasteiger partial charge in [-0.3, -0.25) is 0 Å². The molecule has 0 amide bonds. The first kappa shape index (κ1) is 33.7. The van der Waals surface area contributed by atoms with Crippen molar-refractivity contribution in [3.05, 3.63) is 35.4 Å². The van der Waals surface area contributed by atoms with Gasteiger partial charge < -0.3 is 33.5 Å². The Balaban J connectivity index is 1.99. The highest BCUT2D eigenvalue weighted by atomic mass is 16.5. The molecule has 236 valence electrons.